The van der Waals surface area contributed by atoms with E-state index < -0.39 is 5.60 Å². The van der Waals surface area contributed by atoms with E-state index in [-0.39, 0.29) is 30.5 Å². The highest BCUT2D eigenvalue weighted by molar-refractivity contribution is 6.62. The Balaban J connectivity index is 1.80. The Hall–Kier alpha value is -1.53. The Morgan fingerprint density at radius 1 is 1.18 bits per heavy atom. The number of amides is 1. The molecule has 1 aromatic carbocycles. The van der Waals surface area contributed by atoms with Crippen molar-refractivity contribution in [1.82, 2.24) is 4.90 Å². The highest BCUT2D eigenvalue weighted by atomic mass is 16.7. The van der Waals surface area contributed by atoms with Gasteiger partial charge in [-0.25, -0.2) is 4.79 Å². The van der Waals surface area contributed by atoms with Crippen molar-refractivity contribution in [3.63, 3.8) is 0 Å². The minimum atomic E-state index is -0.485. The molecule has 2 aliphatic rings. The van der Waals surface area contributed by atoms with Gasteiger partial charge in [0.05, 0.1) is 17.2 Å². The summed E-state index contributed by atoms with van der Waals surface area (Å²) in [6.07, 6.45) is 1.71. The third-order valence-corrected chi connectivity index (χ3v) is 6.07. The first-order valence-electron chi connectivity index (χ1n) is 10.3. The van der Waals surface area contributed by atoms with Gasteiger partial charge in [-0.3, -0.25) is 0 Å². The molecule has 0 spiro atoms. The first kappa shape index (κ1) is 21.2. The van der Waals surface area contributed by atoms with Gasteiger partial charge in [0.2, 0.25) is 0 Å². The molecule has 6 heteroatoms. The van der Waals surface area contributed by atoms with Gasteiger partial charge in [0, 0.05) is 6.54 Å². The normalized spacial score (nSPS) is 23.9. The number of benzene rings is 1. The van der Waals surface area contributed by atoms with Crippen LogP contribution >= 0.6 is 0 Å². The molecule has 0 aliphatic carbocycles. The summed E-state index contributed by atoms with van der Waals surface area (Å²) in [6, 6.07) is 6.40. The number of hydrogen-bond acceptors (Lipinski definition) is 4. The lowest BCUT2D eigenvalue weighted by atomic mass is 9.75. The van der Waals surface area contributed by atoms with Crippen molar-refractivity contribution in [2.75, 3.05) is 6.54 Å². The third kappa shape index (κ3) is 4.08. The fourth-order valence-corrected chi connectivity index (χ4v) is 3.79. The number of ether oxygens (including phenoxy) is 1. The van der Waals surface area contributed by atoms with E-state index in [1.165, 1.54) is 0 Å². The van der Waals surface area contributed by atoms with Crippen molar-refractivity contribution in [1.29, 1.82) is 0 Å². The van der Waals surface area contributed by atoms with Crippen LogP contribution in [-0.2, 0) is 14.0 Å². The molecule has 0 radical (unpaired) electrons. The Kier molecular flexibility index (Phi) is 5.35. The van der Waals surface area contributed by atoms with Crippen molar-refractivity contribution in [3.8, 4) is 0 Å². The monoisotopic (exact) mass is 387 g/mol. The average Bonchev–Trinajstić information content (AvgIpc) is 3.08. The standard InChI is InChI=1S/C22H34BNO4/c1-15-14-16(18-10-9-13-24(18)19(25)26-20(2,3)4)11-12-17(15)23-27-21(5,6)22(7,8)28-23/h11-12,14,18H,9-10,13H2,1-8H3. The van der Waals surface area contributed by atoms with Gasteiger partial charge in [-0.1, -0.05) is 23.8 Å². The molecule has 1 amide bonds. The van der Waals surface area contributed by atoms with E-state index in [1.807, 2.05) is 25.7 Å². The van der Waals surface area contributed by atoms with Crippen molar-refractivity contribution in [2.24, 2.45) is 0 Å². The molecule has 5 nitrogen and oxygen atoms in total. The van der Waals surface area contributed by atoms with Crippen LogP contribution in [0, 0.1) is 6.92 Å². The van der Waals surface area contributed by atoms with Gasteiger partial charge >= 0.3 is 13.2 Å². The maximum atomic E-state index is 12.6. The van der Waals surface area contributed by atoms with Crippen molar-refractivity contribution >= 4 is 18.7 Å². The van der Waals surface area contributed by atoms with Gasteiger partial charge in [-0.05, 0) is 79.3 Å². The highest BCUT2D eigenvalue weighted by Gasteiger charge is 2.52. The molecule has 0 bridgehead atoms. The third-order valence-electron chi connectivity index (χ3n) is 6.07. The number of nitrogens with zero attached hydrogens (tertiary/aromatic N) is 1. The van der Waals surface area contributed by atoms with Crippen LogP contribution in [0.2, 0.25) is 0 Å². The van der Waals surface area contributed by atoms with Gasteiger partial charge in [-0.15, -0.1) is 0 Å². The first-order valence-corrected chi connectivity index (χ1v) is 10.3. The van der Waals surface area contributed by atoms with E-state index in [1.54, 1.807) is 0 Å². The molecule has 0 saturated carbocycles. The minimum Gasteiger partial charge on any atom is -0.444 e. The summed E-state index contributed by atoms with van der Waals surface area (Å²) < 4.78 is 18.0. The summed E-state index contributed by atoms with van der Waals surface area (Å²) in [6.45, 7) is 16.8. The maximum absolute atomic E-state index is 12.6. The molecule has 2 saturated heterocycles. The van der Waals surface area contributed by atoms with Crippen LogP contribution in [0.5, 0.6) is 0 Å². The number of hydrogen-bond donors (Lipinski definition) is 0. The molecule has 1 atom stereocenters. The van der Waals surface area contributed by atoms with E-state index in [4.69, 9.17) is 14.0 Å². The van der Waals surface area contributed by atoms with Gasteiger partial charge in [-0.2, -0.15) is 0 Å². The molecule has 0 N–H and O–H groups in total. The van der Waals surface area contributed by atoms with Gasteiger partial charge < -0.3 is 18.9 Å². The van der Waals surface area contributed by atoms with Crippen molar-refractivity contribution in [2.45, 2.75) is 91.1 Å². The summed E-state index contributed by atoms with van der Waals surface area (Å²) in [4.78, 5) is 14.5. The predicted octanol–water partition coefficient (Wildman–Crippen LogP) is 4.37. The molecule has 1 aromatic rings. The molecule has 0 aromatic heterocycles. The summed E-state index contributed by atoms with van der Waals surface area (Å²) in [5.41, 5.74) is 2.10. The highest BCUT2D eigenvalue weighted by Crippen LogP contribution is 2.37. The lowest BCUT2D eigenvalue weighted by Crippen LogP contribution is -2.41. The van der Waals surface area contributed by atoms with Crippen LogP contribution in [0.3, 0.4) is 0 Å². The molecule has 2 aliphatic heterocycles. The zero-order valence-corrected chi connectivity index (χ0v) is 18.6. The first-order chi connectivity index (χ1) is 12.8. The number of aryl methyl sites for hydroxylation is 1. The molecule has 1 unspecified atom stereocenters. The zero-order valence-electron chi connectivity index (χ0n) is 18.6. The minimum absolute atomic E-state index is 0.0564. The lowest BCUT2D eigenvalue weighted by Gasteiger charge is -2.32. The molecule has 2 heterocycles. The Morgan fingerprint density at radius 2 is 1.79 bits per heavy atom. The number of likely N-dealkylation sites (tertiary alicyclic amines) is 1. The second-order valence-corrected chi connectivity index (χ2v) is 10.0. The number of carbonyl (C=O) groups is 1. The van der Waals surface area contributed by atoms with Gasteiger partial charge in [0.1, 0.15) is 5.60 Å². The number of carbonyl (C=O) groups excluding carboxylic acids is 1. The van der Waals surface area contributed by atoms with Gasteiger partial charge in [0.25, 0.3) is 0 Å². The Labute approximate surface area is 169 Å². The van der Waals surface area contributed by atoms with E-state index in [0.717, 1.165) is 36.0 Å². The van der Waals surface area contributed by atoms with Crippen LogP contribution in [0.25, 0.3) is 0 Å². The van der Waals surface area contributed by atoms with Crippen molar-refractivity contribution in [3.05, 3.63) is 29.3 Å². The average molecular weight is 387 g/mol. The molecular formula is C22H34BNO4. The quantitative estimate of drug-likeness (QED) is 0.708. The predicted molar refractivity (Wildman–Crippen MR) is 112 cm³/mol. The number of rotatable bonds is 2. The van der Waals surface area contributed by atoms with Crippen molar-refractivity contribution < 1.29 is 18.8 Å². The summed E-state index contributed by atoms with van der Waals surface area (Å²) >= 11 is 0. The fourth-order valence-electron chi connectivity index (χ4n) is 3.79. The van der Waals surface area contributed by atoms with Crippen LogP contribution in [0.1, 0.15) is 78.5 Å². The van der Waals surface area contributed by atoms with E-state index >= 15 is 0 Å². The summed E-state index contributed by atoms with van der Waals surface area (Å²) in [7, 11) is -0.371. The second-order valence-electron chi connectivity index (χ2n) is 10.0. The molecule has 154 valence electrons. The van der Waals surface area contributed by atoms with E-state index in [0.29, 0.717) is 0 Å². The Bertz CT molecular complexity index is 737. The van der Waals surface area contributed by atoms with E-state index in [2.05, 4.69) is 52.8 Å². The lowest BCUT2D eigenvalue weighted by molar-refractivity contribution is 0.00578. The largest absolute Gasteiger partial charge is 0.495 e. The molecule has 2 fully saturated rings. The van der Waals surface area contributed by atoms with E-state index in [9.17, 15) is 4.79 Å². The fraction of sp³-hybridized carbons (Fsp3) is 0.682. The van der Waals surface area contributed by atoms with Crippen LogP contribution in [0.15, 0.2) is 18.2 Å². The summed E-state index contributed by atoms with van der Waals surface area (Å²) in [5, 5.41) is 0. The smallest absolute Gasteiger partial charge is 0.444 e. The topological polar surface area (TPSA) is 48.0 Å². The van der Waals surface area contributed by atoms with Crippen LogP contribution < -0.4 is 5.46 Å². The van der Waals surface area contributed by atoms with Crippen LogP contribution in [-0.4, -0.2) is 41.5 Å². The van der Waals surface area contributed by atoms with Crippen LogP contribution in [0.4, 0.5) is 4.79 Å². The maximum Gasteiger partial charge on any atom is 0.495 e. The zero-order chi connectivity index (χ0) is 20.9. The second kappa shape index (κ2) is 7.07. The van der Waals surface area contributed by atoms with Gasteiger partial charge in [0.15, 0.2) is 0 Å². The molecule has 3 rings (SSSR count). The summed E-state index contributed by atoms with van der Waals surface area (Å²) in [5.74, 6) is 0. The Morgan fingerprint density at radius 3 is 2.32 bits per heavy atom. The molecule has 28 heavy (non-hydrogen) atoms. The molecular weight excluding hydrogens is 353 g/mol. The SMILES string of the molecule is Cc1cc(C2CCCN2C(=O)OC(C)(C)C)ccc1B1OC(C)(C)C(C)(C)O1.